The molecule has 3 heterocycles. The minimum atomic E-state index is -0.387. The van der Waals surface area contributed by atoms with Crippen LogP contribution in [0.3, 0.4) is 0 Å². The van der Waals surface area contributed by atoms with Crippen LogP contribution in [-0.2, 0) is 0 Å². The average Bonchev–Trinajstić information content (AvgIpc) is 3.44. The van der Waals surface area contributed by atoms with E-state index in [4.69, 9.17) is 0 Å². The van der Waals surface area contributed by atoms with E-state index >= 15 is 0 Å². The van der Waals surface area contributed by atoms with Crippen molar-refractivity contribution in [3.8, 4) is 34.2 Å². The van der Waals surface area contributed by atoms with E-state index in [1.54, 1.807) is 48.8 Å². The molecule has 0 radical (unpaired) electrons. The monoisotopic (exact) mass is 400 g/mol. The Hall–Kier alpha value is -4.47. The summed E-state index contributed by atoms with van der Waals surface area (Å²) in [5.74, 6) is 0.544. The van der Waals surface area contributed by atoms with Crippen molar-refractivity contribution in [1.29, 1.82) is 0 Å². The van der Waals surface area contributed by atoms with E-state index < -0.39 is 0 Å². The molecule has 9 nitrogen and oxygen atoms in total. The summed E-state index contributed by atoms with van der Waals surface area (Å²) in [4.78, 5) is 17.3. The largest absolute Gasteiger partial charge is 0.355 e. The Morgan fingerprint density at radius 2 is 1.53 bits per heavy atom. The molecule has 0 saturated carbocycles. The zero-order chi connectivity index (χ0) is 20.5. The highest BCUT2D eigenvalue weighted by molar-refractivity contribution is 5.59. The van der Waals surface area contributed by atoms with Crippen LogP contribution in [0.4, 0.5) is 4.39 Å². The Morgan fingerprint density at radius 3 is 2.20 bits per heavy atom. The second kappa shape index (κ2) is 7.17. The summed E-state index contributed by atoms with van der Waals surface area (Å²) in [5, 5.41) is 18.2. The first-order valence-electron chi connectivity index (χ1n) is 8.94. The normalized spacial score (nSPS) is 11.0. The number of pyridine rings is 1. The van der Waals surface area contributed by atoms with Crippen molar-refractivity contribution in [1.82, 2.24) is 40.0 Å². The molecule has 0 fully saturated rings. The van der Waals surface area contributed by atoms with E-state index in [2.05, 4.69) is 30.7 Å². The first kappa shape index (κ1) is 17.6. The maximum Gasteiger partial charge on any atom is 0.355 e. The van der Waals surface area contributed by atoms with Crippen molar-refractivity contribution in [3.05, 3.63) is 89.4 Å². The fourth-order valence-electron chi connectivity index (χ4n) is 3.09. The molecule has 0 aliphatic heterocycles. The second-order valence-electron chi connectivity index (χ2n) is 6.36. The number of halogens is 1. The zero-order valence-electron chi connectivity index (χ0n) is 15.3. The lowest BCUT2D eigenvalue weighted by Crippen LogP contribution is -2.22. The minimum absolute atomic E-state index is 0.387. The highest BCUT2D eigenvalue weighted by Crippen LogP contribution is 2.21. The maximum absolute atomic E-state index is 13.4. The quantitative estimate of drug-likeness (QED) is 0.496. The Labute approximate surface area is 168 Å². The van der Waals surface area contributed by atoms with Gasteiger partial charge in [0.05, 0.1) is 11.4 Å². The van der Waals surface area contributed by atoms with Crippen molar-refractivity contribution < 1.29 is 4.39 Å². The van der Waals surface area contributed by atoms with Gasteiger partial charge in [-0.1, -0.05) is 0 Å². The summed E-state index contributed by atoms with van der Waals surface area (Å²) in [6.45, 7) is 0. The number of aromatic amines is 1. The number of hydrogen-bond donors (Lipinski definition) is 1. The lowest BCUT2D eigenvalue weighted by molar-refractivity contribution is 0.627. The first-order valence-corrected chi connectivity index (χ1v) is 8.94. The maximum atomic E-state index is 13.4. The number of aromatic nitrogens is 8. The molecule has 10 heteroatoms. The van der Waals surface area contributed by atoms with Gasteiger partial charge in [0, 0.05) is 23.5 Å². The van der Waals surface area contributed by atoms with Gasteiger partial charge in [0.15, 0.2) is 11.6 Å². The third-order valence-corrected chi connectivity index (χ3v) is 4.53. The molecule has 0 aliphatic rings. The molecule has 0 saturated heterocycles. The van der Waals surface area contributed by atoms with Gasteiger partial charge in [0.1, 0.15) is 5.82 Å². The summed E-state index contributed by atoms with van der Waals surface area (Å²) < 4.78 is 16.1. The molecule has 0 atom stereocenters. The predicted octanol–water partition coefficient (Wildman–Crippen LogP) is 2.40. The number of nitrogens with zero attached hydrogens (tertiary/aromatic N) is 7. The van der Waals surface area contributed by atoms with E-state index in [0.717, 1.165) is 5.56 Å². The van der Waals surface area contributed by atoms with Crippen molar-refractivity contribution in [3.63, 3.8) is 0 Å². The summed E-state index contributed by atoms with van der Waals surface area (Å²) in [6.07, 6.45) is 3.24. The van der Waals surface area contributed by atoms with Gasteiger partial charge in [-0.3, -0.25) is 4.98 Å². The number of rotatable bonds is 4. The number of benzene rings is 2. The van der Waals surface area contributed by atoms with Gasteiger partial charge in [0.25, 0.3) is 0 Å². The van der Waals surface area contributed by atoms with Gasteiger partial charge in [-0.25, -0.2) is 18.9 Å². The van der Waals surface area contributed by atoms with Crippen LogP contribution in [0.25, 0.3) is 34.2 Å². The van der Waals surface area contributed by atoms with Crippen LogP contribution >= 0.6 is 0 Å². The van der Waals surface area contributed by atoms with Crippen molar-refractivity contribution >= 4 is 0 Å². The molecule has 1 N–H and O–H groups in total. The van der Waals surface area contributed by atoms with Crippen LogP contribution in [0.2, 0.25) is 0 Å². The zero-order valence-corrected chi connectivity index (χ0v) is 15.3. The molecule has 0 bridgehead atoms. The number of hydrogen-bond acceptors (Lipinski definition) is 6. The molecule has 30 heavy (non-hydrogen) atoms. The molecule has 0 spiro atoms. The number of H-pyrrole nitrogens is 1. The Kier molecular flexibility index (Phi) is 4.21. The molecule has 0 amide bonds. The fourth-order valence-corrected chi connectivity index (χ4v) is 3.09. The van der Waals surface area contributed by atoms with Gasteiger partial charge in [0.2, 0.25) is 0 Å². The highest BCUT2D eigenvalue weighted by Gasteiger charge is 2.18. The predicted molar refractivity (Wildman–Crippen MR) is 106 cm³/mol. The average molecular weight is 400 g/mol. The fraction of sp³-hybridized carbons (Fsp3) is 0. The molecular formula is C20H13FN8O. The Bertz CT molecular complexity index is 1340. The van der Waals surface area contributed by atoms with Crippen molar-refractivity contribution in [2.75, 3.05) is 0 Å². The van der Waals surface area contributed by atoms with E-state index in [0.29, 0.717) is 28.6 Å². The number of tetrazole rings is 1. The first-order chi connectivity index (χ1) is 14.7. The van der Waals surface area contributed by atoms with E-state index in [-0.39, 0.29) is 11.5 Å². The van der Waals surface area contributed by atoms with Crippen LogP contribution in [0, 0.1) is 5.82 Å². The lowest BCUT2D eigenvalue weighted by atomic mass is 10.2. The molecule has 0 unspecified atom stereocenters. The van der Waals surface area contributed by atoms with Gasteiger partial charge < -0.3 is 0 Å². The molecular weight excluding hydrogens is 387 g/mol. The van der Waals surface area contributed by atoms with Crippen LogP contribution in [0.1, 0.15) is 0 Å². The van der Waals surface area contributed by atoms with Gasteiger partial charge >= 0.3 is 5.69 Å². The Balaban J connectivity index is 1.66. The molecule has 146 valence electrons. The van der Waals surface area contributed by atoms with Gasteiger partial charge in [-0.05, 0) is 71.1 Å². The van der Waals surface area contributed by atoms with Gasteiger partial charge in [-0.15, -0.1) is 10.2 Å². The second-order valence-corrected chi connectivity index (χ2v) is 6.36. The van der Waals surface area contributed by atoms with Crippen LogP contribution in [0.15, 0.2) is 77.9 Å². The number of nitrogens with one attached hydrogen (secondary N) is 1. The van der Waals surface area contributed by atoms with Crippen LogP contribution in [-0.4, -0.2) is 40.0 Å². The van der Waals surface area contributed by atoms with Crippen molar-refractivity contribution in [2.45, 2.75) is 0 Å². The smallest absolute Gasteiger partial charge is 0.265 e. The molecule has 5 rings (SSSR count). The van der Waals surface area contributed by atoms with Crippen molar-refractivity contribution in [2.24, 2.45) is 0 Å². The SMILES string of the molecule is O=c1n(-c2ccc(-c3nnn[nH]3)cc2)nc(-c2ccncc2)n1-c1ccc(F)cc1. The van der Waals surface area contributed by atoms with E-state index in [1.165, 1.54) is 33.5 Å². The molecule has 5 aromatic rings. The molecule has 0 aliphatic carbocycles. The highest BCUT2D eigenvalue weighted by atomic mass is 19.1. The Morgan fingerprint density at radius 1 is 0.833 bits per heavy atom. The summed E-state index contributed by atoms with van der Waals surface area (Å²) in [6, 6.07) is 16.2. The van der Waals surface area contributed by atoms with E-state index in [9.17, 15) is 9.18 Å². The summed E-state index contributed by atoms with van der Waals surface area (Å²) in [7, 11) is 0. The van der Waals surface area contributed by atoms with Crippen LogP contribution in [0.5, 0.6) is 0 Å². The van der Waals surface area contributed by atoms with Gasteiger partial charge in [-0.2, -0.15) is 4.68 Å². The van der Waals surface area contributed by atoms with Crippen LogP contribution < -0.4 is 5.69 Å². The minimum Gasteiger partial charge on any atom is -0.265 e. The summed E-state index contributed by atoms with van der Waals surface area (Å²) in [5.41, 5.74) is 2.15. The standard InChI is InChI=1S/C20H13FN8O/c21-15-3-7-16(8-4-15)28-19(14-9-11-22-12-10-14)25-29(20(28)30)17-5-1-13(2-6-17)18-23-26-27-24-18/h1-12H,(H,23,24,26,27). The third-order valence-electron chi connectivity index (χ3n) is 4.53. The van der Waals surface area contributed by atoms with E-state index in [1.807, 2.05) is 0 Å². The topological polar surface area (TPSA) is 107 Å². The molecule has 3 aromatic heterocycles. The third kappa shape index (κ3) is 3.05. The molecule has 2 aromatic carbocycles. The summed E-state index contributed by atoms with van der Waals surface area (Å²) >= 11 is 0. The lowest BCUT2D eigenvalue weighted by Gasteiger charge is -2.05.